The highest BCUT2D eigenvalue weighted by atomic mass is 35.5. The lowest BCUT2D eigenvalue weighted by molar-refractivity contribution is -0.143. The third-order valence-electron chi connectivity index (χ3n) is 5.87. The molecule has 1 aromatic heterocycles. The predicted octanol–water partition coefficient (Wildman–Crippen LogP) is 4.37. The Hall–Kier alpha value is -3.72. The number of esters is 1. The number of carbonyl (C=O) groups excluding carboxylic acids is 2. The van der Waals surface area contributed by atoms with Crippen LogP contribution in [0.5, 0.6) is 5.75 Å². The van der Waals surface area contributed by atoms with Crippen LogP contribution in [0.15, 0.2) is 47.5 Å². The van der Waals surface area contributed by atoms with Crippen molar-refractivity contribution in [2.45, 2.75) is 46.1 Å². The van der Waals surface area contributed by atoms with Crippen molar-refractivity contribution in [3.63, 3.8) is 0 Å². The number of carbonyl (C=O) groups is 2. The van der Waals surface area contributed by atoms with E-state index in [9.17, 15) is 9.59 Å². The van der Waals surface area contributed by atoms with Crippen molar-refractivity contribution in [3.8, 4) is 11.4 Å². The van der Waals surface area contributed by atoms with Crippen molar-refractivity contribution in [2.24, 2.45) is 4.99 Å². The number of amides is 1. The van der Waals surface area contributed by atoms with Gasteiger partial charge >= 0.3 is 5.97 Å². The van der Waals surface area contributed by atoms with Gasteiger partial charge in [0.1, 0.15) is 17.6 Å². The molecule has 10 heteroatoms. The maximum absolute atomic E-state index is 12.6. The number of aryl methyl sites for hydroxylation is 1. The lowest BCUT2D eigenvalue weighted by atomic mass is 10.00. The zero-order chi connectivity index (χ0) is 26.4. The fourth-order valence-corrected chi connectivity index (χ4v) is 4.35. The number of benzene rings is 2. The molecule has 2 aromatic carbocycles. The first kappa shape index (κ1) is 26.3. The van der Waals surface area contributed by atoms with Crippen molar-refractivity contribution in [1.82, 2.24) is 20.1 Å². The number of hydrogen-bond donors (Lipinski definition) is 1. The highest BCUT2D eigenvalue weighted by Crippen LogP contribution is 2.34. The van der Waals surface area contributed by atoms with Crippen molar-refractivity contribution < 1.29 is 19.1 Å². The molecule has 3 aromatic rings. The Morgan fingerprint density at radius 1 is 1.11 bits per heavy atom. The van der Waals surface area contributed by atoms with Gasteiger partial charge in [-0.15, -0.1) is 10.2 Å². The Morgan fingerprint density at radius 3 is 2.62 bits per heavy atom. The Labute approximate surface area is 220 Å². The smallest absolute Gasteiger partial charge is 0.305 e. The molecule has 9 nitrogen and oxygen atoms in total. The summed E-state index contributed by atoms with van der Waals surface area (Å²) in [6.07, 6.45) is 0.965. The molecule has 1 atom stereocenters. The van der Waals surface area contributed by atoms with E-state index < -0.39 is 6.04 Å². The second-order valence-electron chi connectivity index (χ2n) is 8.53. The van der Waals surface area contributed by atoms with E-state index in [1.807, 2.05) is 60.9 Å². The molecule has 0 saturated heterocycles. The molecule has 0 radical (unpaired) electrons. The van der Waals surface area contributed by atoms with Gasteiger partial charge in [0.25, 0.3) is 0 Å². The first-order valence-corrected chi connectivity index (χ1v) is 12.7. The predicted molar refractivity (Wildman–Crippen MR) is 141 cm³/mol. The number of aromatic nitrogens is 3. The van der Waals surface area contributed by atoms with Crippen molar-refractivity contribution >= 4 is 29.2 Å². The molecule has 4 rings (SSSR count). The molecule has 37 heavy (non-hydrogen) atoms. The largest absolute Gasteiger partial charge is 0.494 e. The molecule has 1 aliphatic heterocycles. The number of nitrogens with zero attached hydrogens (tertiary/aromatic N) is 4. The summed E-state index contributed by atoms with van der Waals surface area (Å²) in [5.74, 6) is 1.57. The molecular weight excluding hydrogens is 494 g/mol. The molecule has 0 unspecified atom stereocenters. The van der Waals surface area contributed by atoms with E-state index in [1.165, 1.54) is 0 Å². The Kier molecular flexibility index (Phi) is 8.55. The van der Waals surface area contributed by atoms with E-state index in [0.29, 0.717) is 60.7 Å². The van der Waals surface area contributed by atoms with Crippen LogP contribution in [0.25, 0.3) is 5.69 Å². The molecule has 1 amide bonds. The number of hydrogen-bond acceptors (Lipinski definition) is 7. The Bertz CT molecular complexity index is 1300. The fourth-order valence-electron chi connectivity index (χ4n) is 4.22. The number of halogens is 1. The van der Waals surface area contributed by atoms with Crippen LogP contribution in [-0.4, -0.2) is 52.1 Å². The summed E-state index contributed by atoms with van der Waals surface area (Å²) >= 11 is 6.16. The van der Waals surface area contributed by atoms with E-state index in [0.717, 1.165) is 16.8 Å². The van der Waals surface area contributed by atoms with Crippen LogP contribution in [-0.2, 0) is 14.3 Å². The summed E-state index contributed by atoms with van der Waals surface area (Å²) in [4.78, 5) is 29.3. The number of rotatable bonds is 10. The zero-order valence-electron chi connectivity index (χ0n) is 21.2. The SMILES string of the molecule is CCNC(=O)C[C@@H]1N=C(c2ccc(Cl)cc2)c2cc(OCCCC(=O)OCC)ccc2-n2c(C)nnc21. The standard InChI is InChI=1S/C27H30ClN5O4/c1-4-29-24(34)16-22-27-32-31-17(3)33(27)23-13-12-20(37-14-6-7-25(35)36-5-2)15-21(23)26(30-22)18-8-10-19(28)11-9-18/h8-13,15,22H,4-7,14,16H2,1-3H3,(H,29,34)/t22-/m0/s1. The summed E-state index contributed by atoms with van der Waals surface area (Å²) in [5, 5.41) is 12.1. The summed E-state index contributed by atoms with van der Waals surface area (Å²) < 4.78 is 12.9. The van der Waals surface area contributed by atoms with Crippen molar-refractivity contribution in [2.75, 3.05) is 19.8 Å². The second-order valence-corrected chi connectivity index (χ2v) is 8.97. The molecule has 0 fully saturated rings. The molecule has 1 aliphatic rings. The van der Waals surface area contributed by atoms with Gasteiger partial charge in [-0.2, -0.15) is 0 Å². The van der Waals surface area contributed by atoms with Gasteiger partial charge in [-0.3, -0.25) is 19.1 Å². The maximum Gasteiger partial charge on any atom is 0.305 e. The summed E-state index contributed by atoms with van der Waals surface area (Å²) in [7, 11) is 0. The van der Waals surface area contributed by atoms with E-state index in [-0.39, 0.29) is 18.3 Å². The monoisotopic (exact) mass is 523 g/mol. The number of fused-ring (bicyclic) bond motifs is 3. The highest BCUT2D eigenvalue weighted by molar-refractivity contribution is 6.30. The third kappa shape index (κ3) is 6.17. The molecule has 0 saturated carbocycles. The van der Waals surface area contributed by atoms with Crippen LogP contribution < -0.4 is 10.1 Å². The number of aliphatic imine (C=N–C) groups is 1. The average Bonchev–Trinajstić information content (AvgIpc) is 3.20. The summed E-state index contributed by atoms with van der Waals surface area (Å²) in [6, 6.07) is 12.6. The van der Waals surface area contributed by atoms with Crippen LogP contribution in [0.3, 0.4) is 0 Å². The summed E-state index contributed by atoms with van der Waals surface area (Å²) in [6.45, 7) is 6.79. The average molecular weight is 524 g/mol. The van der Waals surface area contributed by atoms with Gasteiger partial charge in [0.05, 0.1) is 31.0 Å². The normalized spacial score (nSPS) is 14.2. The second kappa shape index (κ2) is 12.0. The lowest BCUT2D eigenvalue weighted by Gasteiger charge is -2.15. The van der Waals surface area contributed by atoms with E-state index in [2.05, 4.69) is 15.5 Å². The third-order valence-corrected chi connectivity index (χ3v) is 6.12. The molecule has 1 N–H and O–H groups in total. The van der Waals surface area contributed by atoms with E-state index in [1.54, 1.807) is 6.92 Å². The van der Waals surface area contributed by atoms with Gasteiger partial charge in [0, 0.05) is 29.1 Å². The van der Waals surface area contributed by atoms with Crippen molar-refractivity contribution in [1.29, 1.82) is 0 Å². The molecule has 0 aliphatic carbocycles. The first-order chi connectivity index (χ1) is 17.9. The quantitative estimate of drug-likeness (QED) is 0.312. The number of ether oxygens (including phenoxy) is 2. The lowest BCUT2D eigenvalue weighted by Crippen LogP contribution is -2.25. The maximum atomic E-state index is 12.6. The van der Waals surface area contributed by atoms with Crippen LogP contribution in [0, 0.1) is 6.92 Å². The molecule has 0 bridgehead atoms. The molecule has 0 spiro atoms. The van der Waals surface area contributed by atoms with E-state index >= 15 is 0 Å². The van der Waals surface area contributed by atoms with E-state index in [4.69, 9.17) is 26.1 Å². The van der Waals surface area contributed by atoms with Gasteiger partial charge in [-0.05, 0) is 57.5 Å². The van der Waals surface area contributed by atoms with Gasteiger partial charge in [-0.25, -0.2) is 0 Å². The van der Waals surface area contributed by atoms with Gasteiger partial charge in [0.2, 0.25) is 5.91 Å². The minimum Gasteiger partial charge on any atom is -0.494 e. The van der Waals surface area contributed by atoms with Gasteiger partial charge < -0.3 is 14.8 Å². The van der Waals surface area contributed by atoms with Crippen LogP contribution in [0.2, 0.25) is 5.02 Å². The van der Waals surface area contributed by atoms with Crippen LogP contribution in [0.4, 0.5) is 0 Å². The topological polar surface area (TPSA) is 108 Å². The molecular formula is C27H30ClN5O4. The van der Waals surface area contributed by atoms with Gasteiger partial charge in [0.15, 0.2) is 5.82 Å². The summed E-state index contributed by atoms with van der Waals surface area (Å²) in [5.41, 5.74) is 3.20. The fraction of sp³-hybridized carbons (Fsp3) is 0.370. The molecule has 2 heterocycles. The number of nitrogens with one attached hydrogen (secondary N) is 1. The minimum atomic E-state index is -0.542. The Balaban J connectivity index is 1.74. The molecule has 194 valence electrons. The van der Waals surface area contributed by atoms with Crippen LogP contribution in [0.1, 0.15) is 61.9 Å². The first-order valence-electron chi connectivity index (χ1n) is 12.4. The highest BCUT2D eigenvalue weighted by Gasteiger charge is 2.30. The minimum absolute atomic E-state index is 0.115. The zero-order valence-corrected chi connectivity index (χ0v) is 21.9. The van der Waals surface area contributed by atoms with Crippen molar-refractivity contribution in [3.05, 3.63) is 70.3 Å². The van der Waals surface area contributed by atoms with Crippen LogP contribution >= 0.6 is 11.6 Å². The van der Waals surface area contributed by atoms with Gasteiger partial charge in [-0.1, -0.05) is 23.7 Å². The Morgan fingerprint density at radius 2 is 1.89 bits per heavy atom.